The molecule has 116 valence electrons. The standard InChI is InChI=1S/C17H22N4O/c1-12-10-18-9-8-16(12)19-17(22)15-11-21(20-13(15)2)14-6-4-3-5-7-14/h3-7,11-12,16,18H,8-10H2,1-2H3,(H,19,22). The third kappa shape index (κ3) is 3.04. The average molecular weight is 298 g/mol. The van der Waals surface area contributed by atoms with E-state index >= 15 is 0 Å². The molecule has 1 aromatic heterocycles. The summed E-state index contributed by atoms with van der Waals surface area (Å²) in [6.45, 7) is 5.95. The topological polar surface area (TPSA) is 59.0 Å². The zero-order valence-corrected chi connectivity index (χ0v) is 13.0. The molecule has 1 saturated heterocycles. The highest BCUT2D eigenvalue weighted by Crippen LogP contribution is 2.14. The van der Waals surface area contributed by atoms with Gasteiger partial charge in [-0.25, -0.2) is 4.68 Å². The number of amides is 1. The van der Waals surface area contributed by atoms with Crippen LogP contribution in [0, 0.1) is 12.8 Å². The van der Waals surface area contributed by atoms with Crippen LogP contribution in [-0.4, -0.2) is 34.8 Å². The Balaban J connectivity index is 1.77. The summed E-state index contributed by atoms with van der Waals surface area (Å²) in [5.74, 6) is 0.417. The Kier molecular flexibility index (Phi) is 4.24. The molecular formula is C17H22N4O. The van der Waals surface area contributed by atoms with Gasteiger partial charge in [-0.3, -0.25) is 4.79 Å². The molecule has 2 aromatic rings. The largest absolute Gasteiger partial charge is 0.349 e. The molecule has 2 atom stereocenters. The van der Waals surface area contributed by atoms with Gasteiger partial charge in [0.25, 0.3) is 5.91 Å². The molecule has 2 N–H and O–H groups in total. The van der Waals surface area contributed by atoms with E-state index in [9.17, 15) is 4.79 Å². The molecule has 2 heterocycles. The Morgan fingerprint density at radius 2 is 2.14 bits per heavy atom. The summed E-state index contributed by atoms with van der Waals surface area (Å²) in [7, 11) is 0. The highest BCUT2D eigenvalue weighted by molar-refractivity contribution is 5.95. The van der Waals surface area contributed by atoms with Crippen LogP contribution in [0.4, 0.5) is 0 Å². The van der Waals surface area contributed by atoms with E-state index in [4.69, 9.17) is 0 Å². The van der Waals surface area contributed by atoms with Crippen LogP contribution in [0.25, 0.3) is 5.69 Å². The monoisotopic (exact) mass is 298 g/mol. The molecule has 1 aliphatic rings. The van der Waals surface area contributed by atoms with Crippen molar-refractivity contribution in [3.8, 4) is 5.69 Å². The number of hydrogen-bond acceptors (Lipinski definition) is 3. The van der Waals surface area contributed by atoms with Crippen molar-refractivity contribution in [2.24, 2.45) is 5.92 Å². The molecule has 22 heavy (non-hydrogen) atoms. The van der Waals surface area contributed by atoms with Gasteiger partial charge in [-0.2, -0.15) is 5.10 Å². The number of nitrogens with zero attached hydrogens (tertiary/aromatic N) is 2. The van der Waals surface area contributed by atoms with Crippen molar-refractivity contribution in [2.45, 2.75) is 26.3 Å². The van der Waals surface area contributed by atoms with Crippen molar-refractivity contribution in [3.05, 3.63) is 47.8 Å². The number of aryl methyl sites for hydroxylation is 1. The number of carbonyl (C=O) groups excluding carboxylic acids is 1. The van der Waals surface area contributed by atoms with Crippen LogP contribution in [0.1, 0.15) is 29.4 Å². The molecule has 5 nitrogen and oxygen atoms in total. The Bertz CT molecular complexity index is 650. The molecule has 5 heteroatoms. The van der Waals surface area contributed by atoms with Gasteiger partial charge in [0, 0.05) is 12.2 Å². The molecule has 0 aliphatic carbocycles. The van der Waals surface area contributed by atoms with Crippen LogP contribution >= 0.6 is 0 Å². The van der Waals surface area contributed by atoms with Gasteiger partial charge in [0.2, 0.25) is 0 Å². The number of carbonyl (C=O) groups is 1. The fraction of sp³-hybridized carbons (Fsp3) is 0.412. The molecule has 0 bridgehead atoms. The summed E-state index contributed by atoms with van der Waals surface area (Å²) < 4.78 is 1.76. The molecule has 0 radical (unpaired) electrons. The van der Waals surface area contributed by atoms with E-state index in [1.165, 1.54) is 0 Å². The van der Waals surface area contributed by atoms with Crippen LogP contribution in [0.5, 0.6) is 0 Å². The molecule has 0 spiro atoms. The first-order chi connectivity index (χ1) is 10.6. The number of piperidine rings is 1. The average Bonchev–Trinajstić information content (AvgIpc) is 2.92. The maximum atomic E-state index is 12.5. The van der Waals surface area contributed by atoms with Crippen molar-refractivity contribution < 1.29 is 4.79 Å². The van der Waals surface area contributed by atoms with Gasteiger partial charge in [-0.1, -0.05) is 25.1 Å². The predicted molar refractivity (Wildman–Crippen MR) is 86.2 cm³/mol. The number of para-hydroxylation sites is 1. The first-order valence-corrected chi connectivity index (χ1v) is 7.78. The van der Waals surface area contributed by atoms with Crippen LogP contribution in [0.3, 0.4) is 0 Å². The van der Waals surface area contributed by atoms with E-state index in [-0.39, 0.29) is 11.9 Å². The van der Waals surface area contributed by atoms with Gasteiger partial charge >= 0.3 is 0 Å². The van der Waals surface area contributed by atoms with E-state index in [0.717, 1.165) is 30.9 Å². The number of rotatable bonds is 3. The lowest BCUT2D eigenvalue weighted by molar-refractivity contribution is 0.0913. The van der Waals surface area contributed by atoms with E-state index in [1.807, 2.05) is 43.5 Å². The summed E-state index contributed by atoms with van der Waals surface area (Å²) in [6, 6.07) is 10.1. The first kappa shape index (κ1) is 14.8. The molecule has 2 unspecified atom stereocenters. The minimum absolute atomic E-state index is 0.0292. The van der Waals surface area contributed by atoms with Crippen LogP contribution in [0.2, 0.25) is 0 Å². The van der Waals surface area contributed by atoms with Crippen LogP contribution < -0.4 is 10.6 Å². The number of nitrogens with one attached hydrogen (secondary N) is 2. The summed E-state index contributed by atoms with van der Waals surface area (Å²) in [5.41, 5.74) is 2.36. The zero-order chi connectivity index (χ0) is 15.5. The fourth-order valence-electron chi connectivity index (χ4n) is 2.87. The zero-order valence-electron chi connectivity index (χ0n) is 13.0. The maximum Gasteiger partial charge on any atom is 0.254 e. The highest BCUT2D eigenvalue weighted by Gasteiger charge is 2.24. The van der Waals surface area contributed by atoms with Crippen LogP contribution in [-0.2, 0) is 0 Å². The third-order valence-corrected chi connectivity index (χ3v) is 4.27. The van der Waals surface area contributed by atoms with Gasteiger partial charge in [-0.05, 0) is 44.5 Å². The molecular weight excluding hydrogens is 276 g/mol. The van der Waals surface area contributed by atoms with Gasteiger partial charge in [0.15, 0.2) is 0 Å². The number of benzene rings is 1. The van der Waals surface area contributed by atoms with Gasteiger partial charge in [0.05, 0.1) is 16.9 Å². The predicted octanol–water partition coefficient (Wildman–Crippen LogP) is 1.91. The maximum absolute atomic E-state index is 12.5. The van der Waals surface area contributed by atoms with E-state index in [2.05, 4.69) is 22.7 Å². The summed E-state index contributed by atoms with van der Waals surface area (Å²) in [6.07, 6.45) is 2.78. The Morgan fingerprint density at radius 3 is 2.86 bits per heavy atom. The highest BCUT2D eigenvalue weighted by atomic mass is 16.1. The summed E-state index contributed by atoms with van der Waals surface area (Å²) >= 11 is 0. The second-order valence-corrected chi connectivity index (χ2v) is 5.96. The van der Waals surface area contributed by atoms with Crippen molar-refractivity contribution in [1.29, 1.82) is 0 Å². The number of aromatic nitrogens is 2. The Labute approximate surface area is 130 Å². The van der Waals surface area contributed by atoms with E-state index in [1.54, 1.807) is 4.68 Å². The van der Waals surface area contributed by atoms with Crippen molar-refractivity contribution in [3.63, 3.8) is 0 Å². The molecule has 3 rings (SSSR count). The van der Waals surface area contributed by atoms with Gasteiger partial charge in [0.1, 0.15) is 0 Å². The van der Waals surface area contributed by atoms with Crippen molar-refractivity contribution in [2.75, 3.05) is 13.1 Å². The van der Waals surface area contributed by atoms with Gasteiger partial charge in [-0.15, -0.1) is 0 Å². The minimum atomic E-state index is -0.0292. The smallest absolute Gasteiger partial charge is 0.254 e. The van der Waals surface area contributed by atoms with Crippen LogP contribution in [0.15, 0.2) is 36.5 Å². The Morgan fingerprint density at radius 1 is 1.36 bits per heavy atom. The second kappa shape index (κ2) is 6.32. The SMILES string of the molecule is Cc1nn(-c2ccccc2)cc1C(=O)NC1CCNCC1C. The molecule has 1 aliphatic heterocycles. The number of hydrogen-bond donors (Lipinski definition) is 2. The lowest BCUT2D eigenvalue weighted by Gasteiger charge is -2.30. The molecule has 1 amide bonds. The summed E-state index contributed by atoms with van der Waals surface area (Å²) in [5, 5.41) is 11.0. The fourth-order valence-corrected chi connectivity index (χ4v) is 2.87. The lowest BCUT2D eigenvalue weighted by atomic mass is 9.95. The van der Waals surface area contributed by atoms with Gasteiger partial charge < -0.3 is 10.6 Å². The first-order valence-electron chi connectivity index (χ1n) is 7.78. The third-order valence-electron chi connectivity index (χ3n) is 4.27. The van der Waals surface area contributed by atoms with E-state index < -0.39 is 0 Å². The van der Waals surface area contributed by atoms with Crippen molar-refractivity contribution >= 4 is 5.91 Å². The van der Waals surface area contributed by atoms with E-state index in [0.29, 0.717) is 11.5 Å². The molecule has 1 aromatic carbocycles. The molecule has 0 saturated carbocycles. The normalized spacial score (nSPS) is 21.5. The second-order valence-electron chi connectivity index (χ2n) is 5.96. The lowest BCUT2D eigenvalue weighted by Crippen LogP contribution is -2.48. The quantitative estimate of drug-likeness (QED) is 0.910. The minimum Gasteiger partial charge on any atom is -0.349 e. The van der Waals surface area contributed by atoms with Crippen molar-refractivity contribution in [1.82, 2.24) is 20.4 Å². The summed E-state index contributed by atoms with van der Waals surface area (Å²) in [4.78, 5) is 12.5. The Hall–Kier alpha value is -2.14. The molecule has 1 fully saturated rings.